The second kappa shape index (κ2) is 7.27. The third kappa shape index (κ3) is 4.63. The highest BCUT2D eigenvalue weighted by Gasteiger charge is 2.52. The summed E-state index contributed by atoms with van der Waals surface area (Å²) < 4.78 is 5.81. The van der Waals surface area contributed by atoms with Crippen LogP contribution in [0.5, 0.6) is 0 Å². The summed E-state index contributed by atoms with van der Waals surface area (Å²) in [5.41, 5.74) is 0. The van der Waals surface area contributed by atoms with Gasteiger partial charge in [-0.3, -0.25) is 0 Å². The van der Waals surface area contributed by atoms with Gasteiger partial charge in [-0.15, -0.1) is 0 Å². The molecule has 0 aromatic rings. The maximum Gasteiger partial charge on any atom is 0.188 e. The molecule has 0 aromatic heterocycles. The molecule has 154 valence electrons. The zero-order valence-electron chi connectivity index (χ0n) is 18.2. The van der Waals surface area contributed by atoms with Crippen molar-refractivity contribution in [3.8, 4) is 0 Å². The highest BCUT2D eigenvalue weighted by Crippen LogP contribution is 2.55. The first-order valence-electron chi connectivity index (χ1n) is 10.3. The summed E-state index contributed by atoms with van der Waals surface area (Å²) in [5, 5.41) is 9.92. The Bertz CT molecular complexity index is 493. The molecule has 0 bridgehead atoms. The predicted octanol–water partition coefficient (Wildman–Crippen LogP) is 4.47. The Morgan fingerprint density at radius 1 is 0.923 bits per heavy atom. The van der Waals surface area contributed by atoms with E-state index in [-0.39, 0.29) is 16.2 Å². The van der Waals surface area contributed by atoms with Crippen molar-refractivity contribution in [1.82, 2.24) is 0 Å². The Morgan fingerprint density at radius 3 is 1.96 bits per heavy atom. The minimum atomic E-state index is -2.24. The van der Waals surface area contributed by atoms with Gasteiger partial charge in [-0.1, -0.05) is 27.7 Å². The minimum Gasteiger partial charge on any atom is -0.432 e. The average Bonchev–Trinajstić information content (AvgIpc) is 2.89. The molecule has 2 fully saturated rings. The number of aliphatic hydroxyl groups is 1. The van der Waals surface area contributed by atoms with E-state index in [2.05, 4.69) is 27.7 Å². The highest BCUT2D eigenvalue weighted by molar-refractivity contribution is 6.73. The maximum absolute atomic E-state index is 10.7. The standard InChI is InChI=1S/C20H42O4Si2/c1-19(2,25(5,6)22)10-9-15-14(13-20(3,4)26(7,8)23)11-17-16(15)12-18(21)24-17/h14-18,21-23H,9-13H2,1-8H3/t14-,15-,16+,17-,18?/m0/s1. The molecule has 1 saturated heterocycles. The lowest BCUT2D eigenvalue weighted by atomic mass is 9.79. The second-order valence-electron chi connectivity index (χ2n) is 11.3. The fourth-order valence-corrected chi connectivity index (χ4v) is 6.19. The number of fused-ring (bicyclic) bond motifs is 1. The van der Waals surface area contributed by atoms with Gasteiger partial charge in [-0.05, 0) is 79.7 Å². The first-order valence-corrected chi connectivity index (χ1v) is 16.2. The number of hydrogen-bond donors (Lipinski definition) is 3. The minimum absolute atomic E-state index is 0.0196. The lowest BCUT2D eigenvalue weighted by molar-refractivity contribution is -0.0928. The van der Waals surface area contributed by atoms with E-state index in [1.807, 2.05) is 26.2 Å². The first-order chi connectivity index (χ1) is 11.6. The van der Waals surface area contributed by atoms with Gasteiger partial charge in [-0.25, -0.2) is 0 Å². The summed E-state index contributed by atoms with van der Waals surface area (Å²) in [5.74, 6) is 1.47. The number of rotatable bonds is 7. The van der Waals surface area contributed by atoms with E-state index in [0.29, 0.717) is 17.8 Å². The topological polar surface area (TPSA) is 69.9 Å². The third-order valence-electron chi connectivity index (χ3n) is 8.16. The Labute approximate surface area is 162 Å². The van der Waals surface area contributed by atoms with Crippen molar-refractivity contribution in [2.24, 2.45) is 17.8 Å². The van der Waals surface area contributed by atoms with Crippen molar-refractivity contribution in [2.45, 2.75) is 108 Å². The molecule has 2 rings (SSSR count). The van der Waals surface area contributed by atoms with Gasteiger partial charge in [0.25, 0.3) is 0 Å². The Hall–Kier alpha value is 0.274. The smallest absolute Gasteiger partial charge is 0.188 e. The molecule has 0 amide bonds. The van der Waals surface area contributed by atoms with Gasteiger partial charge in [0.2, 0.25) is 0 Å². The van der Waals surface area contributed by atoms with Gasteiger partial charge in [-0.2, -0.15) is 0 Å². The van der Waals surface area contributed by atoms with Crippen LogP contribution in [0, 0.1) is 17.8 Å². The lowest BCUT2D eigenvalue weighted by Gasteiger charge is -2.40. The van der Waals surface area contributed by atoms with E-state index in [0.717, 1.165) is 32.1 Å². The van der Waals surface area contributed by atoms with Crippen molar-refractivity contribution in [3.05, 3.63) is 0 Å². The fourth-order valence-electron chi connectivity index (χ4n) is 4.67. The number of hydrogen-bond acceptors (Lipinski definition) is 4. The SMILES string of the molecule is CC(C)(CC[C@H]1[C@H](CC(C)(C)[Si](C)(C)O)C[C@@H]2OC(O)C[C@H]12)[Si](C)(C)O. The van der Waals surface area contributed by atoms with Crippen LogP contribution in [0.1, 0.15) is 59.8 Å². The monoisotopic (exact) mass is 402 g/mol. The van der Waals surface area contributed by atoms with Crippen LogP contribution in [0.2, 0.25) is 36.3 Å². The van der Waals surface area contributed by atoms with Crippen LogP contribution < -0.4 is 0 Å². The summed E-state index contributed by atoms with van der Waals surface area (Å²) in [7, 11) is -4.46. The molecule has 0 spiro atoms. The quantitative estimate of drug-likeness (QED) is 0.549. The molecule has 1 aliphatic carbocycles. The molecule has 0 radical (unpaired) electrons. The Balaban J connectivity index is 2.15. The molecule has 0 aromatic carbocycles. The Morgan fingerprint density at radius 2 is 1.46 bits per heavy atom. The van der Waals surface area contributed by atoms with Crippen molar-refractivity contribution in [3.63, 3.8) is 0 Å². The summed E-state index contributed by atoms with van der Waals surface area (Å²) in [4.78, 5) is 21.4. The molecular weight excluding hydrogens is 360 g/mol. The predicted molar refractivity (Wildman–Crippen MR) is 112 cm³/mol. The largest absolute Gasteiger partial charge is 0.432 e. The van der Waals surface area contributed by atoms with Gasteiger partial charge in [0, 0.05) is 6.42 Å². The molecular formula is C20H42O4Si2. The second-order valence-corrected chi connectivity index (χ2v) is 20.3. The number of ether oxygens (including phenoxy) is 1. The van der Waals surface area contributed by atoms with Crippen molar-refractivity contribution in [2.75, 3.05) is 0 Å². The van der Waals surface area contributed by atoms with Crippen LogP contribution in [0.25, 0.3) is 0 Å². The third-order valence-corrected chi connectivity index (χ3v) is 15.2. The van der Waals surface area contributed by atoms with E-state index in [1.54, 1.807) is 0 Å². The van der Waals surface area contributed by atoms with E-state index in [9.17, 15) is 14.7 Å². The first kappa shape index (κ1) is 22.6. The van der Waals surface area contributed by atoms with Crippen LogP contribution in [0.3, 0.4) is 0 Å². The molecule has 1 heterocycles. The lowest BCUT2D eigenvalue weighted by Crippen LogP contribution is -2.41. The van der Waals surface area contributed by atoms with Crippen LogP contribution in [-0.2, 0) is 4.74 Å². The van der Waals surface area contributed by atoms with E-state index >= 15 is 0 Å². The highest BCUT2D eigenvalue weighted by atomic mass is 28.4. The van der Waals surface area contributed by atoms with Gasteiger partial charge in [0.15, 0.2) is 22.9 Å². The molecule has 1 saturated carbocycles. The summed E-state index contributed by atoms with van der Waals surface area (Å²) in [6.45, 7) is 17.0. The molecule has 26 heavy (non-hydrogen) atoms. The molecule has 5 atom stereocenters. The molecule has 1 aliphatic heterocycles. The van der Waals surface area contributed by atoms with Crippen molar-refractivity contribution < 1.29 is 19.4 Å². The van der Waals surface area contributed by atoms with Crippen LogP contribution in [-0.4, -0.2) is 43.7 Å². The van der Waals surface area contributed by atoms with Crippen molar-refractivity contribution in [1.29, 1.82) is 0 Å². The van der Waals surface area contributed by atoms with Crippen LogP contribution in [0.15, 0.2) is 0 Å². The molecule has 6 heteroatoms. The van der Waals surface area contributed by atoms with Gasteiger partial charge >= 0.3 is 0 Å². The molecule has 3 N–H and O–H groups in total. The van der Waals surface area contributed by atoms with E-state index in [4.69, 9.17) is 4.74 Å². The van der Waals surface area contributed by atoms with Gasteiger partial charge in [0.1, 0.15) is 0 Å². The zero-order chi connectivity index (χ0) is 20.1. The van der Waals surface area contributed by atoms with Crippen LogP contribution >= 0.6 is 0 Å². The molecule has 2 aliphatic rings. The normalized spacial score (nSPS) is 33.6. The molecule has 1 unspecified atom stereocenters. The fraction of sp³-hybridized carbons (Fsp3) is 1.00. The van der Waals surface area contributed by atoms with Crippen molar-refractivity contribution >= 4 is 16.6 Å². The van der Waals surface area contributed by atoms with Gasteiger partial charge < -0.3 is 19.4 Å². The zero-order valence-corrected chi connectivity index (χ0v) is 20.2. The Kier molecular flexibility index (Phi) is 6.30. The summed E-state index contributed by atoms with van der Waals surface area (Å²) in [6.07, 6.45) is 4.43. The summed E-state index contributed by atoms with van der Waals surface area (Å²) in [6, 6.07) is 0. The molecule has 4 nitrogen and oxygen atoms in total. The summed E-state index contributed by atoms with van der Waals surface area (Å²) >= 11 is 0. The van der Waals surface area contributed by atoms with Crippen LogP contribution in [0.4, 0.5) is 0 Å². The maximum atomic E-state index is 10.7. The van der Waals surface area contributed by atoms with E-state index < -0.39 is 22.9 Å². The average molecular weight is 403 g/mol. The number of aliphatic hydroxyl groups excluding tert-OH is 1. The van der Waals surface area contributed by atoms with E-state index in [1.165, 1.54) is 0 Å². The van der Waals surface area contributed by atoms with Gasteiger partial charge in [0.05, 0.1) is 6.10 Å².